The average molecular weight is 364 g/mol. The molecule has 1 aromatic heterocycles. The summed E-state index contributed by atoms with van der Waals surface area (Å²) < 4.78 is 10.5. The number of aryl methyl sites for hydroxylation is 1. The van der Waals surface area contributed by atoms with Crippen LogP contribution in [0.5, 0.6) is 11.6 Å². The fourth-order valence-corrected chi connectivity index (χ4v) is 2.41. The van der Waals surface area contributed by atoms with Crippen molar-refractivity contribution in [1.82, 2.24) is 9.97 Å². The molecule has 0 unspecified atom stereocenters. The number of carbonyl (C=O) groups excluding carboxylic acids is 1. The first-order chi connectivity index (χ1) is 13.1. The number of aromatic nitrogens is 2. The topological polar surface area (TPSA) is 99.4 Å². The molecule has 2 aromatic carbocycles. The summed E-state index contributed by atoms with van der Waals surface area (Å²) in [6.45, 7) is 2.09. The Bertz CT molecular complexity index is 925. The summed E-state index contributed by atoms with van der Waals surface area (Å²) in [7, 11) is 1.34. The van der Waals surface area contributed by atoms with E-state index in [9.17, 15) is 4.79 Å². The number of ether oxygens (including phenoxy) is 2. The number of nitrogen functional groups attached to an aromatic ring is 1. The van der Waals surface area contributed by atoms with E-state index in [1.54, 1.807) is 24.3 Å². The first kappa shape index (κ1) is 18.2. The van der Waals surface area contributed by atoms with Gasteiger partial charge in [0.1, 0.15) is 17.8 Å². The number of hydrogen-bond donors (Lipinski definition) is 2. The van der Waals surface area contributed by atoms with Crippen LogP contribution in [0, 0.1) is 0 Å². The van der Waals surface area contributed by atoms with Crippen LogP contribution in [0.15, 0.2) is 54.9 Å². The van der Waals surface area contributed by atoms with E-state index in [4.69, 9.17) is 10.5 Å². The number of anilines is 3. The van der Waals surface area contributed by atoms with Crippen molar-refractivity contribution in [1.29, 1.82) is 0 Å². The Morgan fingerprint density at radius 3 is 2.41 bits per heavy atom. The van der Waals surface area contributed by atoms with E-state index in [0.29, 0.717) is 22.8 Å². The number of esters is 1. The van der Waals surface area contributed by atoms with Gasteiger partial charge in [-0.1, -0.05) is 19.1 Å². The van der Waals surface area contributed by atoms with Crippen LogP contribution in [-0.4, -0.2) is 23.0 Å². The molecule has 0 fully saturated rings. The maximum Gasteiger partial charge on any atom is 0.337 e. The third-order valence-corrected chi connectivity index (χ3v) is 3.96. The summed E-state index contributed by atoms with van der Waals surface area (Å²) in [5, 5.41) is 3.09. The molecule has 3 N–H and O–H groups in total. The first-order valence-electron chi connectivity index (χ1n) is 8.43. The van der Waals surface area contributed by atoms with Crippen molar-refractivity contribution >= 4 is 23.2 Å². The Morgan fingerprint density at radius 1 is 1.07 bits per heavy atom. The van der Waals surface area contributed by atoms with Crippen LogP contribution in [0.1, 0.15) is 22.8 Å². The Labute approximate surface area is 157 Å². The third-order valence-electron chi connectivity index (χ3n) is 3.96. The molecule has 0 saturated heterocycles. The maximum atomic E-state index is 11.5. The molecule has 27 heavy (non-hydrogen) atoms. The molecule has 0 atom stereocenters. The summed E-state index contributed by atoms with van der Waals surface area (Å²) >= 11 is 0. The van der Waals surface area contributed by atoms with Crippen LogP contribution >= 0.6 is 0 Å². The molecule has 0 radical (unpaired) electrons. The van der Waals surface area contributed by atoms with Crippen LogP contribution in [0.3, 0.4) is 0 Å². The largest absolute Gasteiger partial charge is 0.465 e. The van der Waals surface area contributed by atoms with Gasteiger partial charge in [0.2, 0.25) is 5.88 Å². The fourth-order valence-electron chi connectivity index (χ4n) is 2.41. The number of rotatable bonds is 6. The normalized spacial score (nSPS) is 10.3. The van der Waals surface area contributed by atoms with E-state index in [2.05, 4.69) is 26.9 Å². The molecular formula is C20H20N4O3. The van der Waals surface area contributed by atoms with Crippen LogP contribution in [0.4, 0.5) is 17.2 Å². The van der Waals surface area contributed by atoms with Crippen molar-refractivity contribution in [3.05, 3.63) is 66.0 Å². The molecule has 7 heteroatoms. The Kier molecular flexibility index (Phi) is 5.51. The molecule has 0 amide bonds. The second-order valence-electron chi connectivity index (χ2n) is 5.73. The van der Waals surface area contributed by atoms with Crippen LogP contribution < -0.4 is 15.8 Å². The Morgan fingerprint density at radius 2 is 1.78 bits per heavy atom. The highest BCUT2D eigenvalue weighted by Gasteiger charge is 2.11. The summed E-state index contributed by atoms with van der Waals surface area (Å²) in [5.74, 6) is 0.929. The van der Waals surface area contributed by atoms with Gasteiger partial charge in [-0.3, -0.25) is 0 Å². The lowest BCUT2D eigenvalue weighted by molar-refractivity contribution is 0.0601. The smallest absolute Gasteiger partial charge is 0.337 e. The minimum Gasteiger partial charge on any atom is -0.465 e. The number of nitrogens with one attached hydrogen (secondary N) is 1. The van der Waals surface area contributed by atoms with Crippen molar-refractivity contribution in [2.24, 2.45) is 0 Å². The lowest BCUT2D eigenvalue weighted by Gasteiger charge is -2.12. The predicted molar refractivity (Wildman–Crippen MR) is 103 cm³/mol. The van der Waals surface area contributed by atoms with Gasteiger partial charge < -0.3 is 20.5 Å². The summed E-state index contributed by atoms with van der Waals surface area (Å²) in [6, 6.07) is 14.5. The minimum absolute atomic E-state index is 0.267. The number of benzene rings is 2. The SMILES string of the molecule is CCc1ccc(Oc2ncnc(Nc3ccc(C(=O)OC)cc3)c2N)cc1. The van der Waals surface area contributed by atoms with Crippen molar-refractivity contribution in [2.75, 3.05) is 18.2 Å². The van der Waals surface area contributed by atoms with E-state index in [0.717, 1.165) is 6.42 Å². The molecule has 0 saturated carbocycles. The summed E-state index contributed by atoms with van der Waals surface area (Å²) in [6.07, 6.45) is 2.33. The van der Waals surface area contributed by atoms with E-state index >= 15 is 0 Å². The highest BCUT2D eigenvalue weighted by atomic mass is 16.5. The molecule has 0 aliphatic heterocycles. The van der Waals surface area contributed by atoms with Crippen LogP contribution in [0.25, 0.3) is 0 Å². The first-order valence-corrected chi connectivity index (χ1v) is 8.43. The zero-order valence-electron chi connectivity index (χ0n) is 15.1. The predicted octanol–water partition coefficient (Wildman–Crippen LogP) is 3.94. The van der Waals surface area contributed by atoms with Gasteiger partial charge in [0.25, 0.3) is 0 Å². The van der Waals surface area contributed by atoms with Gasteiger partial charge in [-0.25, -0.2) is 9.78 Å². The molecular weight excluding hydrogens is 344 g/mol. The van der Waals surface area contributed by atoms with Crippen molar-refractivity contribution in [3.8, 4) is 11.6 Å². The van der Waals surface area contributed by atoms with Gasteiger partial charge in [-0.05, 0) is 48.4 Å². The van der Waals surface area contributed by atoms with Crippen molar-refractivity contribution in [2.45, 2.75) is 13.3 Å². The monoisotopic (exact) mass is 364 g/mol. The zero-order chi connectivity index (χ0) is 19.2. The Balaban J connectivity index is 1.77. The Hall–Kier alpha value is -3.61. The number of methoxy groups -OCH3 is 1. The minimum atomic E-state index is -0.395. The summed E-state index contributed by atoms with van der Waals surface area (Å²) in [4.78, 5) is 19.8. The highest BCUT2D eigenvalue weighted by Crippen LogP contribution is 2.31. The average Bonchev–Trinajstić information content (AvgIpc) is 2.71. The molecule has 1 heterocycles. The van der Waals surface area contributed by atoms with E-state index < -0.39 is 5.97 Å². The van der Waals surface area contributed by atoms with Gasteiger partial charge in [0, 0.05) is 5.69 Å². The number of nitrogens with two attached hydrogens (primary N) is 1. The molecule has 0 bridgehead atoms. The molecule has 0 aliphatic rings. The van der Waals surface area contributed by atoms with Gasteiger partial charge in [0.05, 0.1) is 12.7 Å². The van der Waals surface area contributed by atoms with Gasteiger partial charge in [-0.15, -0.1) is 0 Å². The van der Waals surface area contributed by atoms with E-state index in [1.165, 1.54) is 19.0 Å². The number of carbonyl (C=O) groups is 1. The maximum absolute atomic E-state index is 11.5. The lowest BCUT2D eigenvalue weighted by Crippen LogP contribution is -2.04. The number of hydrogen-bond acceptors (Lipinski definition) is 7. The van der Waals surface area contributed by atoms with E-state index in [-0.39, 0.29) is 11.6 Å². The molecule has 3 rings (SSSR count). The molecule has 7 nitrogen and oxygen atoms in total. The summed E-state index contributed by atoms with van der Waals surface area (Å²) in [5.41, 5.74) is 8.82. The standard InChI is InChI=1S/C20H20N4O3/c1-3-13-4-10-16(11-5-13)27-19-17(21)18(22-12-23-19)24-15-8-6-14(7-9-15)20(25)26-2/h4-12H,3,21H2,1-2H3,(H,22,23,24). The van der Waals surface area contributed by atoms with Crippen LogP contribution in [-0.2, 0) is 11.2 Å². The van der Waals surface area contributed by atoms with Gasteiger partial charge >= 0.3 is 5.97 Å². The van der Waals surface area contributed by atoms with Crippen LogP contribution in [0.2, 0.25) is 0 Å². The fraction of sp³-hybridized carbons (Fsp3) is 0.150. The molecule has 0 spiro atoms. The van der Waals surface area contributed by atoms with Gasteiger partial charge in [-0.2, -0.15) is 4.98 Å². The highest BCUT2D eigenvalue weighted by molar-refractivity contribution is 5.89. The third kappa shape index (κ3) is 4.33. The van der Waals surface area contributed by atoms with Crippen molar-refractivity contribution in [3.63, 3.8) is 0 Å². The van der Waals surface area contributed by atoms with Gasteiger partial charge in [0.15, 0.2) is 5.82 Å². The quantitative estimate of drug-likeness (QED) is 0.639. The second-order valence-corrected chi connectivity index (χ2v) is 5.73. The lowest BCUT2D eigenvalue weighted by atomic mass is 10.2. The van der Waals surface area contributed by atoms with Crippen molar-refractivity contribution < 1.29 is 14.3 Å². The molecule has 138 valence electrons. The molecule has 0 aliphatic carbocycles. The number of nitrogens with zero attached hydrogens (tertiary/aromatic N) is 2. The zero-order valence-corrected chi connectivity index (χ0v) is 15.1. The second kappa shape index (κ2) is 8.18. The van der Waals surface area contributed by atoms with E-state index in [1.807, 2.05) is 24.3 Å². The molecule has 3 aromatic rings.